The van der Waals surface area contributed by atoms with Gasteiger partial charge in [0, 0.05) is 6.42 Å². The second-order valence-corrected chi connectivity index (χ2v) is 5.49. The molecular formula is C15H19NO3. The summed E-state index contributed by atoms with van der Waals surface area (Å²) in [6.07, 6.45) is 2.00. The van der Waals surface area contributed by atoms with Gasteiger partial charge in [0.25, 0.3) is 0 Å². The van der Waals surface area contributed by atoms with Crippen molar-refractivity contribution in [2.24, 2.45) is 0 Å². The van der Waals surface area contributed by atoms with Crippen LogP contribution in [0.25, 0.3) is 0 Å². The molecule has 0 bridgehead atoms. The van der Waals surface area contributed by atoms with Gasteiger partial charge in [0.1, 0.15) is 11.8 Å². The molecular weight excluding hydrogens is 242 g/mol. The molecule has 0 radical (unpaired) electrons. The zero-order chi connectivity index (χ0) is 13.5. The molecule has 3 atom stereocenters. The van der Waals surface area contributed by atoms with Crippen LogP contribution >= 0.6 is 0 Å². The van der Waals surface area contributed by atoms with E-state index in [-0.39, 0.29) is 24.7 Å². The van der Waals surface area contributed by atoms with Crippen LogP contribution in [0.3, 0.4) is 0 Å². The van der Waals surface area contributed by atoms with Gasteiger partial charge in [0.2, 0.25) is 5.91 Å². The van der Waals surface area contributed by atoms with Crippen LogP contribution < -0.4 is 0 Å². The highest BCUT2D eigenvalue weighted by Crippen LogP contribution is 2.45. The molecule has 2 fully saturated rings. The van der Waals surface area contributed by atoms with Gasteiger partial charge in [-0.25, -0.2) is 0 Å². The Morgan fingerprint density at radius 2 is 2.16 bits per heavy atom. The largest absolute Gasteiger partial charge is 0.394 e. The number of rotatable bonds is 2. The number of hydrogen-bond acceptors (Lipinski definition) is 3. The van der Waals surface area contributed by atoms with Crippen molar-refractivity contribution in [3.8, 4) is 0 Å². The van der Waals surface area contributed by atoms with Gasteiger partial charge in [-0.1, -0.05) is 30.3 Å². The number of nitrogens with zero attached hydrogens (tertiary/aromatic N) is 1. The molecule has 2 heterocycles. The first-order chi connectivity index (χ1) is 9.15. The van der Waals surface area contributed by atoms with E-state index in [0.717, 1.165) is 18.4 Å². The molecule has 4 nitrogen and oxygen atoms in total. The summed E-state index contributed by atoms with van der Waals surface area (Å²) in [5, 5.41) is 9.70. The summed E-state index contributed by atoms with van der Waals surface area (Å²) in [5.74, 6) is 0.0891. The van der Waals surface area contributed by atoms with Gasteiger partial charge in [-0.3, -0.25) is 4.79 Å². The maximum Gasteiger partial charge on any atom is 0.225 e. The second kappa shape index (κ2) is 4.62. The van der Waals surface area contributed by atoms with Gasteiger partial charge < -0.3 is 14.7 Å². The molecule has 0 saturated carbocycles. The zero-order valence-electron chi connectivity index (χ0n) is 11.1. The molecule has 4 heteroatoms. The Kier molecular flexibility index (Phi) is 3.07. The Morgan fingerprint density at radius 3 is 2.84 bits per heavy atom. The summed E-state index contributed by atoms with van der Waals surface area (Å²) in [7, 11) is 0. The Hall–Kier alpha value is -1.39. The normalized spacial score (nSPS) is 34.4. The van der Waals surface area contributed by atoms with Crippen LogP contribution in [-0.2, 0) is 9.53 Å². The van der Waals surface area contributed by atoms with Crippen LogP contribution in [0.5, 0.6) is 0 Å². The fourth-order valence-corrected chi connectivity index (χ4v) is 3.32. The molecule has 3 rings (SSSR count). The highest BCUT2D eigenvalue weighted by Gasteiger charge is 2.53. The van der Waals surface area contributed by atoms with Crippen LogP contribution in [-0.4, -0.2) is 34.3 Å². The van der Waals surface area contributed by atoms with Gasteiger partial charge in [-0.2, -0.15) is 0 Å². The van der Waals surface area contributed by atoms with E-state index in [9.17, 15) is 9.90 Å². The van der Waals surface area contributed by atoms with Crippen molar-refractivity contribution in [3.63, 3.8) is 0 Å². The van der Waals surface area contributed by atoms with E-state index < -0.39 is 5.72 Å². The summed E-state index contributed by atoms with van der Waals surface area (Å²) in [4.78, 5) is 13.9. The quantitative estimate of drug-likeness (QED) is 0.884. The average molecular weight is 261 g/mol. The van der Waals surface area contributed by atoms with Crippen molar-refractivity contribution in [1.29, 1.82) is 0 Å². The van der Waals surface area contributed by atoms with Gasteiger partial charge >= 0.3 is 0 Å². The lowest BCUT2D eigenvalue weighted by Crippen LogP contribution is -2.53. The number of hydrogen-bond donors (Lipinski definition) is 1. The summed E-state index contributed by atoms with van der Waals surface area (Å²) in [6.45, 7) is 1.89. The van der Waals surface area contributed by atoms with E-state index >= 15 is 0 Å². The van der Waals surface area contributed by atoms with E-state index in [1.807, 2.05) is 37.3 Å². The molecule has 2 saturated heterocycles. The Morgan fingerprint density at radius 1 is 1.42 bits per heavy atom. The molecule has 19 heavy (non-hydrogen) atoms. The third-order valence-electron chi connectivity index (χ3n) is 4.19. The van der Waals surface area contributed by atoms with Crippen molar-refractivity contribution in [3.05, 3.63) is 35.9 Å². The number of aliphatic hydroxyl groups excluding tert-OH is 1. The fourth-order valence-electron chi connectivity index (χ4n) is 3.32. The zero-order valence-corrected chi connectivity index (χ0v) is 11.1. The van der Waals surface area contributed by atoms with Gasteiger partial charge in [0.15, 0.2) is 0 Å². The molecule has 0 aromatic heterocycles. The van der Waals surface area contributed by atoms with Crippen molar-refractivity contribution in [1.82, 2.24) is 4.90 Å². The number of piperidine rings is 1. The lowest BCUT2D eigenvalue weighted by atomic mass is 9.97. The Labute approximate surface area is 113 Å². The number of carbonyl (C=O) groups is 1. The molecule has 2 aliphatic rings. The minimum atomic E-state index is -0.566. The first kappa shape index (κ1) is 12.6. The lowest BCUT2D eigenvalue weighted by molar-refractivity contribution is -0.159. The highest BCUT2D eigenvalue weighted by atomic mass is 16.5. The maximum atomic E-state index is 12.2. The predicted octanol–water partition coefficient (Wildman–Crippen LogP) is 1.85. The molecule has 0 spiro atoms. The molecule has 2 aliphatic heterocycles. The topological polar surface area (TPSA) is 49.8 Å². The van der Waals surface area contributed by atoms with Crippen molar-refractivity contribution in [2.45, 2.75) is 44.1 Å². The van der Waals surface area contributed by atoms with E-state index in [1.165, 1.54) is 0 Å². The Balaban J connectivity index is 1.97. The molecule has 2 unspecified atom stereocenters. The monoisotopic (exact) mass is 261 g/mol. The number of benzene rings is 1. The number of aliphatic hydroxyl groups is 1. The molecule has 1 N–H and O–H groups in total. The number of amides is 1. The summed E-state index contributed by atoms with van der Waals surface area (Å²) >= 11 is 0. The van der Waals surface area contributed by atoms with Crippen LogP contribution in [0.1, 0.15) is 37.9 Å². The van der Waals surface area contributed by atoms with E-state index in [1.54, 1.807) is 4.90 Å². The number of ether oxygens (including phenoxy) is 1. The molecule has 1 aromatic rings. The van der Waals surface area contributed by atoms with Gasteiger partial charge in [-0.15, -0.1) is 0 Å². The van der Waals surface area contributed by atoms with Crippen molar-refractivity contribution in [2.75, 3.05) is 6.61 Å². The predicted molar refractivity (Wildman–Crippen MR) is 70.2 cm³/mol. The first-order valence-corrected chi connectivity index (χ1v) is 6.81. The van der Waals surface area contributed by atoms with E-state index in [2.05, 4.69) is 0 Å². The van der Waals surface area contributed by atoms with Crippen molar-refractivity contribution < 1.29 is 14.6 Å². The smallest absolute Gasteiger partial charge is 0.225 e. The lowest BCUT2D eigenvalue weighted by Gasteiger charge is -2.39. The van der Waals surface area contributed by atoms with Crippen LogP contribution in [0.2, 0.25) is 0 Å². The average Bonchev–Trinajstić information content (AvgIpc) is 2.74. The third kappa shape index (κ3) is 1.95. The van der Waals surface area contributed by atoms with Gasteiger partial charge in [0.05, 0.1) is 12.6 Å². The van der Waals surface area contributed by atoms with Crippen LogP contribution in [0, 0.1) is 0 Å². The minimum absolute atomic E-state index is 0.0686. The summed E-state index contributed by atoms with van der Waals surface area (Å²) in [6, 6.07) is 9.55. The number of carbonyl (C=O) groups excluding carboxylic acids is 1. The fraction of sp³-hybridized carbons (Fsp3) is 0.533. The van der Waals surface area contributed by atoms with Crippen molar-refractivity contribution >= 4 is 5.91 Å². The van der Waals surface area contributed by atoms with E-state index in [4.69, 9.17) is 4.74 Å². The SMILES string of the molecule is CC12CCCC(=O)N1C(CO)[C@H](c1ccccc1)O2. The molecule has 102 valence electrons. The number of fused-ring (bicyclic) bond motifs is 1. The van der Waals surface area contributed by atoms with Gasteiger partial charge in [-0.05, 0) is 25.3 Å². The third-order valence-corrected chi connectivity index (χ3v) is 4.19. The summed E-state index contributed by atoms with van der Waals surface area (Å²) in [5.41, 5.74) is 0.452. The highest BCUT2D eigenvalue weighted by molar-refractivity contribution is 5.78. The Bertz CT molecular complexity index is 476. The standard InChI is InChI=1S/C15H19NO3/c1-15-9-5-8-13(18)16(15)12(10-17)14(19-15)11-6-3-2-4-7-11/h2-4,6-7,12,14,17H,5,8-10H2,1H3/t12?,14-,15?/m0/s1. The molecule has 0 aliphatic carbocycles. The van der Waals surface area contributed by atoms with Crippen LogP contribution in [0.4, 0.5) is 0 Å². The molecule has 1 amide bonds. The second-order valence-electron chi connectivity index (χ2n) is 5.49. The maximum absolute atomic E-state index is 12.2. The summed E-state index contributed by atoms with van der Waals surface area (Å²) < 4.78 is 6.16. The first-order valence-electron chi connectivity index (χ1n) is 6.81. The van der Waals surface area contributed by atoms with E-state index in [0.29, 0.717) is 6.42 Å². The van der Waals surface area contributed by atoms with Crippen LogP contribution in [0.15, 0.2) is 30.3 Å². The minimum Gasteiger partial charge on any atom is -0.394 e. The molecule has 1 aromatic carbocycles.